The molecule has 0 spiro atoms. The van der Waals surface area contributed by atoms with Crippen molar-refractivity contribution in [2.45, 2.75) is 143 Å². The van der Waals surface area contributed by atoms with Crippen molar-refractivity contribution < 1.29 is 52.5 Å². The van der Waals surface area contributed by atoms with E-state index < -0.39 is 7.81 Å². The smallest absolute Gasteiger partial charge is 0 e. The number of phenols is 2. The molecule has 1 saturated carbocycles. The molecule has 2 aromatic rings. The van der Waals surface area contributed by atoms with Gasteiger partial charge in [0.2, 0.25) is 0 Å². The number of nitrogens with zero attached hydrogens (tertiary/aromatic N) is 2. The van der Waals surface area contributed by atoms with E-state index in [9.17, 15) is 35.4 Å². The summed E-state index contributed by atoms with van der Waals surface area (Å²) >= 11 is 0. The first-order valence-electron chi connectivity index (χ1n) is 16.0. The number of phenolic OH excluding ortho intramolecular Hbond substituents is 2. The van der Waals surface area contributed by atoms with Gasteiger partial charge in [0.05, 0.1) is 12.1 Å². The molecule has 0 heterocycles. The molecule has 0 aromatic heterocycles. The Morgan fingerprint density at radius 3 is 1.06 bits per heavy atom. The molecule has 1 radical (unpaired) electrons. The normalized spacial score (nSPS) is 19.7. The molecule has 1 fully saturated rings. The van der Waals surface area contributed by atoms with Crippen LogP contribution in [0.25, 0.3) is 0 Å². The zero-order chi connectivity index (χ0) is 36.7. The van der Waals surface area contributed by atoms with Crippen LogP contribution >= 0.6 is 7.81 Å². The molecule has 48 heavy (non-hydrogen) atoms. The van der Waals surface area contributed by atoms with Crippen LogP contribution in [0.4, 0.5) is 25.2 Å². The first-order valence-corrected chi connectivity index (χ1v) is 18.1. The van der Waals surface area contributed by atoms with Gasteiger partial charge in [0, 0.05) is 51.8 Å². The summed E-state index contributed by atoms with van der Waals surface area (Å²) in [5.74, 6) is 0.637. The van der Waals surface area contributed by atoms with Gasteiger partial charge in [0.15, 0.2) is 0 Å². The second kappa shape index (κ2) is 13.9. The van der Waals surface area contributed by atoms with Crippen molar-refractivity contribution in [3.8, 4) is 11.5 Å². The summed E-state index contributed by atoms with van der Waals surface area (Å²) in [6.45, 7) is 26.0. The number of benzene rings is 2. The Balaban J connectivity index is 0.00000130. The van der Waals surface area contributed by atoms with E-state index >= 15 is 0 Å². The number of aromatic hydroxyl groups is 2. The average Bonchev–Trinajstić information content (AvgIpc) is 2.83. The fourth-order valence-corrected chi connectivity index (χ4v) is 5.31. The van der Waals surface area contributed by atoms with E-state index in [2.05, 4.69) is 107 Å². The molecule has 1 aliphatic carbocycles. The largest absolute Gasteiger partial charge is 0 e. The molecular formula is C36H54F6MnN2O2P-. The number of halogens is 6. The molecule has 0 amide bonds. The van der Waals surface area contributed by atoms with Crippen LogP contribution in [0.15, 0.2) is 34.3 Å². The van der Waals surface area contributed by atoms with Crippen LogP contribution in [0.5, 0.6) is 11.5 Å². The third kappa shape index (κ3) is 14.4. The van der Waals surface area contributed by atoms with Crippen molar-refractivity contribution in [1.29, 1.82) is 0 Å². The quantitative estimate of drug-likeness (QED) is 0.142. The number of rotatable bonds is 4. The minimum Gasteiger partial charge on any atom is 0 e. The Hall–Kier alpha value is -2.09. The van der Waals surface area contributed by atoms with Gasteiger partial charge in [-0.2, -0.15) is 0 Å². The van der Waals surface area contributed by atoms with Gasteiger partial charge < -0.3 is 10.2 Å². The molecule has 3 rings (SSSR count). The second-order valence-corrected chi connectivity index (χ2v) is 18.8. The topological polar surface area (TPSA) is 65.2 Å². The predicted molar refractivity (Wildman–Crippen MR) is 186 cm³/mol. The van der Waals surface area contributed by atoms with Gasteiger partial charge in [-0.15, -0.1) is 0 Å². The standard InChI is InChI=1S/C36H54N2O2.F6P.Mn/c1-33(2,3)25-17-23(31(39)27(19-25)35(7,8)9)21-37-29-15-13-14-16-30(29)38-22-24-18-26(34(4,5)6)20-28(32(24)40)36(10,11)12;1-7(2,3,4,5)6;/h17-22,29-30,39-40H,13-16H2,1-12H3;;/q;-1;/t29-,30-;;/m1../s1. The summed E-state index contributed by atoms with van der Waals surface area (Å²) in [7, 11) is -10.7. The van der Waals surface area contributed by atoms with E-state index in [0.717, 1.165) is 47.9 Å². The summed E-state index contributed by atoms with van der Waals surface area (Å²) in [6.07, 6.45) is 7.90. The van der Waals surface area contributed by atoms with E-state index in [1.165, 1.54) is 11.1 Å². The molecule has 0 aliphatic heterocycles. The third-order valence-corrected chi connectivity index (χ3v) is 8.13. The van der Waals surface area contributed by atoms with E-state index in [4.69, 9.17) is 9.98 Å². The minimum atomic E-state index is -10.7. The van der Waals surface area contributed by atoms with Gasteiger partial charge in [-0.1, -0.05) is 108 Å². The summed E-state index contributed by atoms with van der Waals surface area (Å²) < 4.78 is 59.2. The van der Waals surface area contributed by atoms with Crippen LogP contribution in [-0.2, 0) is 38.7 Å². The maximum absolute atomic E-state index is 11.2. The molecule has 2 aromatic carbocycles. The van der Waals surface area contributed by atoms with Crippen molar-refractivity contribution in [3.05, 3.63) is 57.6 Å². The number of aliphatic imine (C=N–C) groups is 2. The van der Waals surface area contributed by atoms with Crippen LogP contribution < -0.4 is 0 Å². The fourth-order valence-electron chi connectivity index (χ4n) is 5.31. The van der Waals surface area contributed by atoms with Crippen molar-refractivity contribution in [1.82, 2.24) is 0 Å². The molecule has 12 heteroatoms. The molecule has 0 bridgehead atoms. The molecular weight excluding hydrogens is 692 g/mol. The van der Waals surface area contributed by atoms with Crippen LogP contribution in [0.2, 0.25) is 0 Å². The van der Waals surface area contributed by atoms with Gasteiger partial charge in [-0.05, 0) is 57.8 Å². The van der Waals surface area contributed by atoms with Gasteiger partial charge in [-0.25, -0.2) is 0 Å². The first-order chi connectivity index (χ1) is 20.6. The summed E-state index contributed by atoms with van der Waals surface area (Å²) in [6, 6.07) is 8.53. The van der Waals surface area contributed by atoms with Crippen LogP contribution in [0.1, 0.15) is 142 Å². The van der Waals surface area contributed by atoms with E-state index in [0.29, 0.717) is 11.5 Å². The van der Waals surface area contributed by atoms with Gasteiger partial charge in [0.1, 0.15) is 11.5 Å². The number of hydrogen-bond acceptors (Lipinski definition) is 4. The Morgan fingerprint density at radius 2 is 0.833 bits per heavy atom. The van der Waals surface area contributed by atoms with Crippen LogP contribution in [0, 0.1) is 0 Å². The molecule has 1 aliphatic rings. The van der Waals surface area contributed by atoms with Gasteiger partial charge in [-0.3, -0.25) is 9.98 Å². The Morgan fingerprint density at radius 1 is 0.562 bits per heavy atom. The fraction of sp³-hybridized carbons (Fsp3) is 0.611. The van der Waals surface area contributed by atoms with Crippen LogP contribution in [0.3, 0.4) is 0 Å². The third-order valence-electron chi connectivity index (χ3n) is 8.13. The monoisotopic (exact) mass is 746 g/mol. The van der Waals surface area contributed by atoms with E-state index in [1.54, 1.807) is 0 Å². The Labute approximate surface area is 293 Å². The molecule has 2 N–H and O–H groups in total. The molecule has 4 nitrogen and oxygen atoms in total. The predicted octanol–water partition coefficient (Wildman–Crippen LogP) is 12.5. The summed E-state index contributed by atoms with van der Waals surface area (Å²) in [4.78, 5) is 10.1. The number of hydrogen-bond donors (Lipinski definition) is 2. The summed E-state index contributed by atoms with van der Waals surface area (Å²) in [5.41, 5.74) is 5.39. The van der Waals surface area contributed by atoms with Crippen molar-refractivity contribution in [2.75, 3.05) is 0 Å². The first kappa shape index (κ1) is 43.9. The zero-order valence-corrected chi connectivity index (χ0v) is 32.4. The Kier molecular flexibility index (Phi) is 12.7. The second-order valence-electron chi connectivity index (χ2n) is 16.9. The summed E-state index contributed by atoms with van der Waals surface area (Å²) in [5, 5.41) is 22.5. The van der Waals surface area contributed by atoms with Crippen molar-refractivity contribution >= 4 is 20.2 Å². The van der Waals surface area contributed by atoms with E-state index in [1.807, 2.05) is 12.4 Å². The SMILES string of the molecule is CC(C)(C)c1cc(C=N[C@@H]2CCCC[C@H]2N=Cc2cc(C(C)(C)C)cc(C(C)(C)C)c2O)c(O)c(C(C)(C)C)c1.F[P-](F)(F)(F)(F)F.[Mn]. The molecule has 275 valence electrons. The van der Waals surface area contributed by atoms with Gasteiger partial charge in [0.25, 0.3) is 0 Å². The molecule has 2 atom stereocenters. The minimum absolute atomic E-state index is 0. The van der Waals surface area contributed by atoms with Crippen LogP contribution in [-0.4, -0.2) is 34.7 Å². The van der Waals surface area contributed by atoms with E-state index in [-0.39, 0.29) is 50.8 Å². The molecule has 0 unspecified atom stereocenters. The Bertz CT molecular complexity index is 1390. The van der Waals surface area contributed by atoms with Gasteiger partial charge >= 0.3 is 33.0 Å². The average molecular weight is 747 g/mol. The molecule has 0 saturated heterocycles. The van der Waals surface area contributed by atoms with Crippen molar-refractivity contribution in [3.63, 3.8) is 0 Å². The zero-order valence-electron chi connectivity index (χ0n) is 30.3. The maximum atomic E-state index is 11.2. The maximum Gasteiger partial charge on any atom is 0 e. The van der Waals surface area contributed by atoms with Crippen molar-refractivity contribution in [2.24, 2.45) is 9.98 Å².